The van der Waals surface area contributed by atoms with Crippen LogP contribution in [0.15, 0.2) is 88.1 Å². The Labute approximate surface area is 201 Å². The fourth-order valence-corrected chi connectivity index (χ4v) is 3.26. The van der Waals surface area contributed by atoms with Crippen molar-refractivity contribution >= 4 is 23.0 Å². The fourth-order valence-electron chi connectivity index (χ4n) is 3.26. The Bertz CT molecular complexity index is 1400. The third-order valence-electron chi connectivity index (χ3n) is 5.07. The molecule has 0 fully saturated rings. The molecule has 1 amide bonds. The lowest BCUT2D eigenvalue weighted by atomic mass is 10.2. The van der Waals surface area contributed by atoms with Crippen LogP contribution < -0.4 is 20.2 Å². The van der Waals surface area contributed by atoms with E-state index in [1.165, 1.54) is 25.1 Å². The van der Waals surface area contributed by atoms with Gasteiger partial charge >= 0.3 is 12.1 Å². The monoisotopic (exact) mass is 473 g/mol. The van der Waals surface area contributed by atoms with Crippen molar-refractivity contribution in [3.63, 3.8) is 0 Å². The number of ether oxygens (including phenoxy) is 3. The van der Waals surface area contributed by atoms with E-state index in [-0.39, 0.29) is 40.3 Å². The Balaban J connectivity index is 1.41. The van der Waals surface area contributed by atoms with Crippen LogP contribution in [0.4, 0.5) is 4.79 Å². The van der Waals surface area contributed by atoms with Gasteiger partial charge in [-0.05, 0) is 43.7 Å². The molecule has 4 rings (SSSR count). The summed E-state index contributed by atoms with van der Waals surface area (Å²) in [5.74, 6) is 0.333. The molecule has 0 spiro atoms. The molecular formula is C27H23NO7. The molecule has 0 aliphatic carbocycles. The number of para-hydroxylation sites is 1. The molecule has 0 radical (unpaired) electrons. The van der Waals surface area contributed by atoms with Gasteiger partial charge in [0.05, 0.1) is 5.39 Å². The Kier molecular flexibility index (Phi) is 7.11. The summed E-state index contributed by atoms with van der Waals surface area (Å²) in [5, 5.41) is 2.71. The van der Waals surface area contributed by atoms with E-state index in [0.29, 0.717) is 5.75 Å². The number of hydrogen-bond acceptors (Lipinski definition) is 7. The minimum Gasteiger partial charge on any atom is -0.457 e. The zero-order valence-corrected chi connectivity index (χ0v) is 19.1. The average Bonchev–Trinajstić information content (AvgIpc) is 2.86. The van der Waals surface area contributed by atoms with E-state index in [0.717, 1.165) is 5.56 Å². The van der Waals surface area contributed by atoms with Crippen LogP contribution in [-0.2, 0) is 16.1 Å². The largest absolute Gasteiger partial charge is 0.457 e. The van der Waals surface area contributed by atoms with E-state index < -0.39 is 18.1 Å². The number of carbonyl (C=O) groups excluding carboxylic acids is 2. The number of alkyl carbamates (subject to hydrolysis) is 1. The maximum absolute atomic E-state index is 12.9. The number of nitrogens with one attached hydrogen (secondary N) is 1. The zero-order chi connectivity index (χ0) is 24.8. The number of fused-ring (bicyclic) bond motifs is 1. The smallest absolute Gasteiger partial charge is 0.408 e. The molecular weight excluding hydrogens is 450 g/mol. The van der Waals surface area contributed by atoms with Crippen LogP contribution in [0.25, 0.3) is 11.0 Å². The van der Waals surface area contributed by atoms with Crippen molar-refractivity contribution < 1.29 is 28.2 Å². The molecule has 0 aliphatic heterocycles. The maximum Gasteiger partial charge on any atom is 0.408 e. The quantitative estimate of drug-likeness (QED) is 0.294. The van der Waals surface area contributed by atoms with Crippen molar-refractivity contribution in [1.29, 1.82) is 0 Å². The Morgan fingerprint density at radius 2 is 1.63 bits per heavy atom. The third kappa shape index (κ3) is 5.86. The minimum absolute atomic E-state index is 0.0769. The van der Waals surface area contributed by atoms with Gasteiger partial charge in [-0.2, -0.15) is 0 Å². The number of esters is 1. The predicted octanol–water partition coefficient (Wildman–Crippen LogP) is 5.11. The Morgan fingerprint density at radius 3 is 2.34 bits per heavy atom. The predicted molar refractivity (Wildman–Crippen MR) is 129 cm³/mol. The highest BCUT2D eigenvalue weighted by Crippen LogP contribution is 2.27. The highest BCUT2D eigenvalue weighted by Gasteiger charge is 2.20. The van der Waals surface area contributed by atoms with Crippen LogP contribution in [0.2, 0.25) is 0 Å². The maximum atomic E-state index is 12.9. The summed E-state index contributed by atoms with van der Waals surface area (Å²) in [4.78, 5) is 37.4. The molecule has 0 saturated heterocycles. The second kappa shape index (κ2) is 10.6. The van der Waals surface area contributed by atoms with Crippen molar-refractivity contribution in [2.45, 2.75) is 26.5 Å². The molecule has 0 aliphatic rings. The number of hydrogen-bond donors (Lipinski definition) is 1. The molecule has 8 heteroatoms. The number of carbonyl (C=O) groups is 2. The average molecular weight is 473 g/mol. The molecule has 8 nitrogen and oxygen atoms in total. The second-order valence-electron chi connectivity index (χ2n) is 7.74. The molecule has 1 N–H and O–H groups in total. The molecule has 1 atom stereocenters. The zero-order valence-electron chi connectivity index (χ0n) is 19.1. The summed E-state index contributed by atoms with van der Waals surface area (Å²) in [6.45, 7) is 3.17. The van der Waals surface area contributed by atoms with Crippen LogP contribution in [0.5, 0.6) is 17.2 Å². The molecule has 0 bridgehead atoms. The second-order valence-corrected chi connectivity index (χ2v) is 7.74. The first-order chi connectivity index (χ1) is 16.9. The molecule has 3 aromatic carbocycles. The third-order valence-corrected chi connectivity index (χ3v) is 5.07. The summed E-state index contributed by atoms with van der Waals surface area (Å²) in [6.07, 6.45) is -0.746. The Morgan fingerprint density at radius 1 is 0.943 bits per heavy atom. The van der Waals surface area contributed by atoms with Crippen molar-refractivity contribution in [1.82, 2.24) is 5.32 Å². The standard InChI is InChI=1S/C27H23NO7/c1-17(28-27(31)32-16-19-9-5-3-6-10-19)26(30)35-21-13-14-22-23(15-21)33-18(2)25(24(22)29)34-20-11-7-4-8-12-20/h3-15,17H,16H2,1-2H3,(H,28,31). The lowest BCUT2D eigenvalue weighted by Gasteiger charge is -2.14. The molecule has 4 aromatic rings. The van der Waals surface area contributed by atoms with Gasteiger partial charge in [-0.25, -0.2) is 9.59 Å². The van der Waals surface area contributed by atoms with E-state index >= 15 is 0 Å². The molecule has 1 aromatic heterocycles. The lowest BCUT2D eigenvalue weighted by molar-refractivity contribution is -0.136. The van der Waals surface area contributed by atoms with E-state index in [9.17, 15) is 14.4 Å². The van der Waals surface area contributed by atoms with Crippen molar-refractivity contribution in [3.05, 3.63) is 100 Å². The number of rotatable bonds is 7. The van der Waals surface area contributed by atoms with Crippen molar-refractivity contribution in [2.24, 2.45) is 0 Å². The summed E-state index contributed by atoms with van der Waals surface area (Å²) in [6, 6.07) is 21.5. The van der Waals surface area contributed by atoms with Crippen LogP contribution in [0.1, 0.15) is 18.2 Å². The molecule has 1 unspecified atom stereocenters. The van der Waals surface area contributed by atoms with Crippen LogP contribution in [0, 0.1) is 6.92 Å². The lowest BCUT2D eigenvalue weighted by Crippen LogP contribution is -2.41. The first-order valence-electron chi connectivity index (χ1n) is 10.9. The van der Waals surface area contributed by atoms with Gasteiger partial charge in [-0.1, -0.05) is 48.5 Å². The molecule has 35 heavy (non-hydrogen) atoms. The van der Waals surface area contributed by atoms with Crippen LogP contribution >= 0.6 is 0 Å². The van der Waals surface area contributed by atoms with Gasteiger partial charge in [0.15, 0.2) is 0 Å². The first kappa shape index (κ1) is 23.6. The topological polar surface area (TPSA) is 104 Å². The van der Waals surface area contributed by atoms with Gasteiger partial charge in [0.2, 0.25) is 11.2 Å². The summed E-state index contributed by atoms with van der Waals surface area (Å²) >= 11 is 0. The summed E-state index contributed by atoms with van der Waals surface area (Å²) in [5.41, 5.74) is 0.714. The van der Waals surface area contributed by atoms with E-state index in [1.807, 2.05) is 36.4 Å². The SMILES string of the molecule is Cc1oc2cc(OC(=O)C(C)NC(=O)OCc3ccccc3)ccc2c(=O)c1Oc1ccccc1. The van der Waals surface area contributed by atoms with Gasteiger partial charge in [0, 0.05) is 6.07 Å². The Hall–Kier alpha value is -4.59. The fraction of sp³-hybridized carbons (Fsp3) is 0.148. The number of aryl methyl sites for hydroxylation is 1. The van der Waals surface area contributed by atoms with Gasteiger partial charge in [-0.3, -0.25) is 4.79 Å². The van der Waals surface area contributed by atoms with E-state index in [2.05, 4.69) is 5.32 Å². The highest BCUT2D eigenvalue weighted by atomic mass is 16.6. The number of amides is 1. The van der Waals surface area contributed by atoms with Gasteiger partial charge < -0.3 is 23.9 Å². The first-order valence-corrected chi connectivity index (χ1v) is 10.9. The number of benzene rings is 3. The van der Waals surface area contributed by atoms with Crippen LogP contribution in [-0.4, -0.2) is 18.1 Å². The van der Waals surface area contributed by atoms with E-state index in [1.54, 1.807) is 31.2 Å². The van der Waals surface area contributed by atoms with Crippen molar-refractivity contribution in [3.8, 4) is 17.2 Å². The van der Waals surface area contributed by atoms with Gasteiger partial charge in [0.1, 0.15) is 35.5 Å². The molecule has 1 heterocycles. The summed E-state index contributed by atoms with van der Waals surface area (Å²) < 4.78 is 21.9. The normalized spacial score (nSPS) is 11.5. The van der Waals surface area contributed by atoms with Gasteiger partial charge in [0.25, 0.3) is 0 Å². The summed E-state index contributed by atoms with van der Waals surface area (Å²) in [7, 11) is 0. The van der Waals surface area contributed by atoms with Gasteiger partial charge in [-0.15, -0.1) is 0 Å². The molecule has 178 valence electrons. The van der Waals surface area contributed by atoms with E-state index in [4.69, 9.17) is 18.6 Å². The van der Waals surface area contributed by atoms with Crippen molar-refractivity contribution in [2.75, 3.05) is 0 Å². The van der Waals surface area contributed by atoms with Crippen LogP contribution in [0.3, 0.4) is 0 Å². The molecule has 0 saturated carbocycles. The minimum atomic E-state index is -0.968. The highest BCUT2D eigenvalue weighted by molar-refractivity contribution is 5.84.